The van der Waals surface area contributed by atoms with Crippen molar-refractivity contribution in [1.82, 2.24) is 10.2 Å². The van der Waals surface area contributed by atoms with E-state index < -0.39 is 0 Å². The summed E-state index contributed by atoms with van der Waals surface area (Å²) < 4.78 is 0. The van der Waals surface area contributed by atoms with E-state index in [4.69, 9.17) is 0 Å². The molecule has 0 bridgehead atoms. The van der Waals surface area contributed by atoms with E-state index in [-0.39, 0.29) is 0 Å². The molecule has 3 rings (SSSR count). The summed E-state index contributed by atoms with van der Waals surface area (Å²) in [6, 6.07) is 6.29. The number of hydrogen-bond acceptors (Lipinski definition) is 3. The summed E-state index contributed by atoms with van der Waals surface area (Å²) >= 11 is 0. The van der Waals surface area contributed by atoms with Gasteiger partial charge in [0.2, 0.25) is 0 Å². The SMILES string of the molecule is Oc1ccc2c(c1)C(NCCCN1CCCC1)CCC2. The zero-order chi connectivity index (χ0) is 13.8. The lowest BCUT2D eigenvalue weighted by molar-refractivity contribution is 0.325. The number of rotatable bonds is 5. The number of fused-ring (bicyclic) bond motifs is 1. The minimum absolute atomic E-state index is 0.398. The van der Waals surface area contributed by atoms with E-state index in [1.54, 1.807) is 0 Å². The van der Waals surface area contributed by atoms with E-state index in [1.165, 1.54) is 62.9 Å². The first kappa shape index (κ1) is 13.9. The van der Waals surface area contributed by atoms with Gasteiger partial charge in [-0.1, -0.05) is 6.07 Å². The average molecular weight is 274 g/mol. The normalized spacial score (nSPS) is 22.9. The lowest BCUT2D eigenvalue weighted by Crippen LogP contribution is -2.29. The smallest absolute Gasteiger partial charge is 0.115 e. The molecule has 3 nitrogen and oxygen atoms in total. The van der Waals surface area contributed by atoms with Crippen LogP contribution in [0.15, 0.2) is 18.2 Å². The number of hydrogen-bond donors (Lipinski definition) is 2. The van der Waals surface area contributed by atoms with E-state index in [9.17, 15) is 5.11 Å². The molecule has 1 unspecified atom stereocenters. The Hall–Kier alpha value is -1.06. The van der Waals surface area contributed by atoms with E-state index >= 15 is 0 Å². The molecule has 1 atom stereocenters. The molecular formula is C17H26N2O. The summed E-state index contributed by atoms with van der Waals surface area (Å²) in [5.74, 6) is 0.398. The standard InChI is InChI=1S/C17H26N2O/c20-15-8-7-14-5-3-6-17(16(14)13-15)18-9-4-12-19-10-1-2-11-19/h7-8,13,17-18,20H,1-6,9-12H2. The molecule has 3 heteroatoms. The van der Waals surface area contributed by atoms with Crippen molar-refractivity contribution < 1.29 is 5.11 Å². The molecule has 0 spiro atoms. The van der Waals surface area contributed by atoms with Gasteiger partial charge in [-0.15, -0.1) is 0 Å². The Labute approximate surface area is 122 Å². The van der Waals surface area contributed by atoms with Crippen molar-refractivity contribution in [3.63, 3.8) is 0 Å². The molecule has 0 amide bonds. The van der Waals surface area contributed by atoms with Crippen molar-refractivity contribution in [3.05, 3.63) is 29.3 Å². The maximum Gasteiger partial charge on any atom is 0.115 e. The van der Waals surface area contributed by atoms with Gasteiger partial charge in [0.25, 0.3) is 0 Å². The second-order valence-electron chi connectivity index (χ2n) is 6.18. The highest BCUT2D eigenvalue weighted by Crippen LogP contribution is 2.31. The van der Waals surface area contributed by atoms with Crippen molar-refractivity contribution >= 4 is 0 Å². The highest BCUT2D eigenvalue weighted by atomic mass is 16.3. The molecule has 110 valence electrons. The van der Waals surface area contributed by atoms with Gasteiger partial charge < -0.3 is 15.3 Å². The number of phenolic OH excluding ortho intramolecular Hbond substituents is 1. The lowest BCUT2D eigenvalue weighted by Gasteiger charge is -2.27. The molecule has 1 saturated heterocycles. The average Bonchev–Trinajstić information content (AvgIpc) is 2.97. The fraction of sp³-hybridized carbons (Fsp3) is 0.647. The Morgan fingerprint density at radius 2 is 2.05 bits per heavy atom. The van der Waals surface area contributed by atoms with Gasteiger partial charge >= 0.3 is 0 Å². The van der Waals surface area contributed by atoms with Crippen LogP contribution in [0.3, 0.4) is 0 Å². The predicted molar refractivity (Wildman–Crippen MR) is 82.1 cm³/mol. The minimum atomic E-state index is 0.398. The zero-order valence-corrected chi connectivity index (χ0v) is 12.3. The highest BCUT2D eigenvalue weighted by molar-refractivity contribution is 5.38. The summed E-state index contributed by atoms with van der Waals surface area (Å²) in [6.45, 7) is 4.89. The summed E-state index contributed by atoms with van der Waals surface area (Å²) in [7, 11) is 0. The fourth-order valence-corrected chi connectivity index (χ4v) is 3.58. The van der Waals surface area contributed by atoms with Crippen LogP contribution in [-0.2, 0) is 6.42 Å². The highest BCUT2D eigenvalue weighted by Gasteiger charge is 2.20. The summed E-state index contributed by atoms with van der Waals surface area (Å²) in [5.41, 5.74) is 2.73. The first-order valence-corrected chi connectivity index (χ1v) is 8.10. The summed E-state index contributed by atoms with van der Waals surface area (Å²) in [4.78, 5) is 2.57. The van der Waals surface area contributed by atoms with Crippen LogP contribution in [0.25, 0.3) is 0 Å². The molecule has 1 aliphatic heterocycles. The Morgan fingerprint density at radius 3 is 2.90 bits per heavy atom. The molecule has 1 fully saturated rings. The number of nitrogens with zero attached hydrogens (tertiary/aromatic N) is 1. The largest absolute Gasteiger partial charge is 0.508 e. The molecule has 2 N–H and O–H groups in total. The van der Waals surface area contributed by atoms with Crippen molar-refractivity contribution in [2.45, 2.75) is 44.6 Å². The third kappa shape index (κ3) is 3.33. The topological polar surface area (TPSA) is 35.5 Å². The van der Waals surface area contributed by atoms with Crippen LogP contribution in [0, 0.1) is 0 Å². The molecule has 2 aliphatic rings. The van der Waals surface area contributed by atoms with Crippen molar-refractivity contribution in [2.75, 3.05) is 26.2 Å². The van der Waals surface area contributed by atoms with Crippen molar-refractivity contribution in [3.8, 4) is 5.75 Å². The second-order valence-corrected chi connectivity index (χ2v) is 6.18. The molecule has 0 radical (unpaired) electrons. The van der Waals surface area contributed by atoms with E-state index in [0.717, 1.165) is 13.0 Å². The molecule has 1 aromatic carbocycles. The Kier molecular flexibility index (Phi) is 4.58. The van der Waals surface area contributed by atoms with Crippen LogP contribution in [0.2, 0.25) is 0 Å². The van der Waals surface area contributed by atoms with Gasteiger partial charge in [0.15, 0.2) is 0 Å². The third-order valence-corrected chi connectivity index (χ3v) is 4.68. The molecule has 1 aromatic rings. The van der Waals surface area contributed by atoms with Crippen LogP contribution in [-0.4, -0.2) is 36.2 Å². The van der Waals surface area contributed by atoms with Crippen LogP contribution in [0.1, 0.15) is 49.3 Å². The van der Waals surface area contributed by atoms with Crippen LogP contribution in [0.5, 0.6) is 5.75 Å². The Bertz CT molecular complexity index is 441. The molecule has 1 aliphatic carbocycles. The zero-order valence-electron chi connectivity index (χ0n) is 12.3. The van der Waals surface area contributed by atoms with Gasteiger partial charge in [-0.05, 0) is 88.0 Å². The van der Waals surface area contributed by atoms with E-state index in [2.05, 4.69) is 16.3 Å². The second kappa shape index (κ2) is 6.59. The first-order valence-electron chi connectivity index (χ1n) is 8.10. The predicted octanol–water partition coefficient (Wildman–Crippen LogP) is 2.85. The van der Waals surface area contributed by atoms with E-state index in [0.29, 0.717) is 11.8 Å². The molecule has 0 aromatic heterocycles. The van der Waals surface area contributed by atoms with Gasteiger partial charge in [0.1, 0.15) is 5.75 Å². The number of likely N-dealkylation sites (tertiary alicyclic amines) is 1. The summed E-state index contributed by atoms with van der Waals surface area (Å²) in [6.07, 6.45) is 7.58. The van der Waals surface area contributed by atoms with Crippen molar-refractivity contribution in [2.24, 2.45) is 0 Å². The van der Waals surface area contributed by atoms with Crippen LogP contribution >= 0.6 is 0 Å². The number of phenols is 1. The number of aromatic hydroxyl groups is 1. The van der Waals surface area contributed by atoms with Gasteiger partial charge in [0.05, 0.1) is 0 Å². The maximum atomic E-state index is 9.69. The first-order chi connectivity index (χ1) is 9.83. The number of benzene rings is 1. The minimum Gasteiger partial charge on any atom is -0.508 e. The van der Waals surface area contributed by atoms with Crippen LogP contribution in [0.4, 0.5) is 0 Å². The number of nitrogens with one attached hydrogen (secondary N) is 1. The molecular weight excluding hydrogens is 248 g/mol. The monoisotopic (exact) mass is 274 g/mol. The van der Waals surface area contributed by atoms with Crippen LogP contribution < -0.4 is 5.32 Å². The Morgan fingerprint density at radius 1 is 1.20 bits per heavy atom. The molecule has 20 heavy (non-hydrogen) atoms. The van der Waals surface area contributed by atoms with Gasteiger partial charge in [-0.3, -0.25) is 0 Å². The van der Waals surface area contributed by atoms with Gasteiger partial charge in [0, 0.05) is 6.04 Å². The van der Waals surface area contributed by atoms with E-state index in [1.807, 2.05) is 12.1 Å². The molecule has 1 heterocycles. The third-order valence-electron chi connectivity index (χ3n) is 4.68. The maximum absolute atomic E-state index is 9.69. The molecule has 0 saturated carbocycles. The Balaban J connectivity index is 1.49. The van der Waals surface area contributed by atoms with Gasteiger partial charge in [-0.2, -0.15) is 0 Å². The van der Waals surface area contributed by atoms with Crippen molar-refractivity contribution in [1.29, 1.82) is 0 Å². The fourth-order valence-electron chi connectivity index (χ4n) is 3.58. The lowest BCUT2D eigenvalue weighted by atomic mass is 9.87. The quantitative estimate of drug-likeness (QED) is 0.811. The summed E-state index contributed by atoms with van der Waals surface area (Å²) in [5, 5.41) is 13.4. The number of aryl methyl sites for hydroxylation is 1. The van der Waals surface area contributed by atoms with Gasteiger partial charge in [-0.25, -0.2) is 0 Å².